The van der Waals surface area contributed by atoms with E-state index in [4.69, 9.17) is 25.2 Å². The van der Waals surface area contributed by atoms with Gasteiger partial charge in [-0.25, -0.2) is 9.59 Å². The lowest BCUT2D eigenvalue weighted by Crippen LogP contribution is -2.39. The normalized spacial score (nSPS) is 23.4. The summed E-state index contributed by atoms with van der Waals surface area (Å²) in [6.07, 6.45) is -1.71. The molecule has 0 bridgehead atoms. The van der Waals surface area contributed by atoms with Crippen molar-refractivity contribution in [2.45, 2.75) is 23.4 Å². The second kappa shape index (κ2) is 8.82. The quantitative estimate of drug-likeness (QED) is 0.363. The second-order valence-electron chi connectivity index (χ2n) is 4.18. The van der Waals surface area contributed by atoms with E-state index in [1.165, 1.54) is 7.11 Å². The molecule has 0 spiro atoms. The van der Waals surface area contributed by atoms with Crippen LogP contribution in [-0.2, 0) is 19.1 Å². The molecule has 1 rings (SSSR count). The molecule has 9 nitrogen and oxygen atoms in total. The summed E-state index contributed by atoms with van der Waals surface area (Å²) in [6, 6.07) is 0. The molecule has 10 heteroatoms. The molecule has 1 heterocycles. The van der Waals surface area contributed by atoms with Crippen LogP contribution in [0.5, 0.6) is 0 Å². The third kappa shape index (κ3) is 5.50. The Bertz CT molecular complexity index is 364. The molecule has 0 aliphatic carbocycles. The number of aliphatic hydroxyl groups is 2. The summed E-state index contributed by atoms with van der Waals surface area (Å²) in [5.41, 5.74) is 0. The van der Waals surface area contributed by atoms with E-state index in [1.807, 2.05) is 6.26 Å². The van der Waals surface area contributed by atoms with Gasteiger partial charge in [0, 0.05) is 6.54 Å². The van der Waals surface area contributed by atoms with Crippen LogP contribution in [0.25, 0.3) is 0 Å². The van der Waals surface area contributed by atoms with Gasteiger partial charge in [-0.2, -0.15) is 0 Å². The summed E-state index contributed by atoms with van der Waals surface area (Å²) < 4.78 is 4.42. The maximum Gasteiger partial charge on any atom is 0.335 e. The van der Waals surface area contributed by atoms with Gasteiger partial charge in [0.15, 0.2) is 12.2 Å². The zero-order valence-corrected chi connectivity index (χ0v) is 12.4. The lowest BCUT2D eigenvalue weighted by Gasteiger charge is -2.21. The average molecular weight is 325 g/mol. The van der Waals surface area contributed by atoms with E-state index >= 15 is 0 Å². The maximum atomic E-state index is 11.3. The Morgan fingerprint density at radius 3 is 1.90 bits per heavy atom. The van der Waals surface area contributed by atoms with Crippen LogP contribution in [0.15, 0.2) is 0 Å². The van der Waals surface area contributed by atoms with Gasteiger partial charge in [0.05, 0.1) is 7.11 Å². The summed E-state index contributed by atoms with van der Waals surface area (Å²) >= 11 is 1.58. The van der Waals surface area contributed by atoms with Gasteiger partial charge in [0.1, 0.15) is 4.75 Å². The van der Waals surface area contributed by atoms with Crippen molar-refractivity contribution in [1.82, 2.24) is 5.32 Å². The van der Waals surface area contributed by atoms with Gasteiger partial charge in [-0.15, -0.1) is 11.8 Å². The Hall–Kier alpha value is -1.36. The van der Waals surface area contributed by atoms with Crippen LogP contribution in [0.3, 0.4) is 0 Å². The lowest BCUT2D eigenvalue weighted by atomic mass is 10.1. The molecule has 21 heavy (non-hydrogen) atoms. The number of carbonyl (C=O) groups excluding carboxylic acids is 1. The number of aliphatic carboxylic acids is 2. The van der Waals surface area contributed by atoms with E-state index in [2.05, 4.69) is 5.32 Å². The number of carbonyl (C=O) groups is 3. The van der Waals surface area contributed by atoms with Crippen LogP contribution in [0, 0.1) is 0 Å². The lowest BCUT2D eigenvalue weighted by molar-refractivity contribution is -0.165. The number of carboxylic acid groups (broad SMARTS) is 2. The van der Waals surface area contributed by atoms with Crippen molar-refractivity contribution in [3.8, 4) is 0 Å². The van der Waals surface area contributed by atoms with E-state index in [0.717, 1.165) is 19.5 Å². The number of carboxylic acids is 2. The molecular formula is C11H19NO8S. The SMILES string of the molecule is COC(=O)[C@]1(SC)CCNC1.O=C(O)[C@H](O)[C@@H](O)C(=O)O. The number of thioether (sulfide) groups is 1. The summed E-state index contributed by atoms with van der Waals surface area (Å²) in [6.45, 7) is 1.65. The third-order valence-electron chi connectivity index (χ3n) is 2.87. The predicted octanol–water partition coefficient (Wildman–Crippen LogP) is -1.87. The zero-order valence-electron chi connectivity index (χ0n) is 11.6. The van der Waals surface area contributed by atoms with Gasteiger partial charge in [0.2, 0.25) is 0 Å². The Morgan fingerprint density at radius 2 is 1.67 bits per heavy atom. The Balaban J connectivity index is 0.000000384. The predicted molar refractivity (Wildman–Crippen MR) is 73.0 cm³/mol. The van der Waals surface area contributed by atoms with Gasteiger partial charge in [-0.1, -0.05) is 0 Å². The maximum absolute atomic E-state index is 11.3. The Kier molecular flexibility index (Phi) is 8.25. The molecule has 0 radical (unpaired) electrons. The summed E-state index contributed by atoms with van der Waals surface area (Å²) in [5.74, 6) is -3.64. The molecule has 1 aliphatic rings. The largest absolute Gasteiger partial charge is 0.479 e. The molecule has 0 aromatic rings. The van der Waals surface area contributed by atoms with Crippen LogP contribution in [0.4, 0.5) is 0 Å². The average Bonchev–Trinajstić information content (AvgIpc) is 2.95. The Labute approximate surface area is 125 Å². The first-order chi connectivity index (χ1) is 9.71. The molecule has 0 unspecified atom stereocenters. The standard InChI is InChI=1S/C7H13NO2S.C4H6O6/c1-10-6(9)7(11-2)3-4-8-5-7;5-1(3(7)8)2(6)4(9)10/h8H,3-5H2,1-2H3;1-2,5-6H,(H,7,8)(H,9,10)/t7-;1-,2-/m01/s1. The number of hydrogen-bond acceptors (Lipinski definition) is 8. The van der Waals surface area contributed by atoms with Crippen LogP contribution < -0.4 is 5.32 Å². The highest BCUT2D eigenvalue weighted by atomic mass is 32.2. The fourth-order valence-corrected chi connectivity index (χ4v) is 2.36. The van der Waals surface area contributed by atoms with Gasteiger partial charge in [0.25, 0.3) is 0 Å². The highest BCUT2D eigenvalue weighted by molar-refractivity contribution is 8.00. The highest BCUT2D eigenvalue weighted by Crippen LogP contribution is 2.30. The zero-order chi connectivity index (χ0) is 16.6. The number of rotatable bonds is 5. The molecule has 122 valence electrons. The fourth-order valence-electron chi connectivity index (χ4n) is 1.56. The van der Waals surface area contributed by atoms with Crippen LogP contribution in [0.2, 0.25) is 0 Å². The molecule has 1 fully saturated rings. The van der Waals surface area contributed by atoms with Crippen molar-refractivity contribution >= 4 is 29.7 Å². The number of aliphatic hydroxyl groups excluding tert-OH is 2. The molecule has 1 saturated heterocycles. The minimum Gasteiger partial charge on any atom is -0.479 e. The summed E-state index contributed by atoms with van der Waals surface area (Å²) in [7, 11) is 1.44. The van der Waals surface area contributed by atoms with E-state index in [9.17, 15) is 14.4 Å². The van der Waals surface area contributed by atoms with E-state index < -0.39 is 24.1 Å². The topological polar surface area (TPSA) is 153 Å². The van der Waals surface area contributed by atoms with Crippen LogP contribution >= 0.6 is 11.8 Å². The van der Waals surface area contributed by atoms with Crippen molar-refractivity contribution in [2.24, 2.45) is 0 Å². The highest BCUT2D eigenvalue weighted by Gasteiger charge is 2.41. The van der Waals surface area contributed by atoms with Crippen LogP contribution in [0.1, 0.15) is 6.42 Å². The molecule has 5 N–H and O–H groups in total. The third-order valence-corrected chi connectivity index (χ3v) is 4.17. The molecule has 0 aromatic carbocycles. The van der Waals surface area contributed by atoms with Crippen molar-refractivity contribution in [3.05, 3.63) is 0 Å². The van der Waals surface area contributed by atoms with E-state index in [-0.39, 0.29) is 10.7 Å². The first-order valence-corrected chi connectivity index (χ1v) is 7.10. The number of ether oxygens (including phenoxy) is 1. The van der Waals surface area contributed by atoms with Gasteiger partial charge in [-0.3, -0.25) is 4.79 Å². The van der Waals surface area contributed by atoms with E-state index in [0.29, 0.717) is 0 Å². The molecular weight excluding hydrogens is 306 g/mol. The first-order valence-electron chi connectivity index (χ1n) is 5.88. The van der Waals surface area contributed by atoms with Crippen molar-refractivity contribution in [3.63, 3.8) is 0 Å². The smallest absolute Gasteiger partial charge is 0.335 e. The number of hydrogen-bond donors (Lipinski definition) is 5. The molecule has 3 atom stereocenters. The first kappa shape index (κ1) is 19.6. The molecule has 0 amide bonds. The van der Waals surface area contributed by atoms with Crippen molar-refractivity contribution < 1.29 is 39.5 Å². The minimum atomic E-state index is -2.27. The Morgan fingerprint density at radius 1 is 1.19 bits per heavy atom. The molecule has 0 aromatic heterocycles. The number of esters is 1. The number of nitrogens with one attached hydrogen (secondary N) is 1. The van der Waals surface area contributed by atoms with Crippen LogP contribution in [-0.4, -0.2) is 81.7 Å². The van der Waals surface area contributed by atoms with Gasteiger partial charge < -0.3 is 30.5 Å². The van der Waals surface area contributed by atoms with E-state index in [1.54, 1.807) is 11.8 Å². The second-order valence-corrected chi connectivity index (χ2v) is 5.37. The number of methoxy groups -OCH3 is 1. The van der Waals surface area contributed by atoms with Crippen molar-refractivity contribution in [1.29, 1.82) is 0 Å². The fraction of sp³-hybridized carbons (Fsp3) is 0.727. The minimum absolute atomic E-state index is 0.102. The van der Waals surface area contributed by atoms with Gasteiger partial charge in [-0.05, 0) is 19.2 Å². The molecule has 0 saturated carbocycles. The summed E-state index contributed by atoms with van der Waals surface area (Å²) in [4.78, 5) is 30.8. The molecule has 1 aliphatic heterocycles. The monoisotopic (exact) mass is 325 g/mol. The summed E-state index contributed by atoms with van der Waals surface area (Å²) in [5, 5.41) is 35.7. The van der Waals surface area contributed by atoms with Crippen molar-refractivity contribution in [2.75, 3.05) is 26.5 Å². The van der Waals surface area contributed by atoms with Gasteiger partial charge >= 0.3 is 17.9 Å².